The van der Waals surface area contributed by atoms with Crippen molar-refractivity contribution in [3.63, 3.8) is 0 Å². The molecule has 2 bridgehead atoms. The minimum Gasteiger partial charge on any atom is -0.387 e. The minimum atomic E-state index is -0.636. The molecular formula is C10H16INO2. The highest BCUT2D eigenvalue weighted by Gasteiger charge is 2.58. The van der Waals surface area contributed by atoms with Crippen molar-refractivity contribution in [3.05, 3.63) is 0 Å². The van der Waals surface area contributed by atoms with Crippen molar-refractivity contribution in [2.24, 2.45) is 11.8 Å². The molecule has 1 amide bonds. The van der Waals surface area contributed by atoms with Gasteiger partial charge in [0.1, 0.15) is 0 Å². The highest BCUT2D eigenvalue weighted by atomic mass is 127. The maximum Gasteiger partial charge on any atom is 0.223 e. The van der Waals surface area contributed by atoms with E-state index in [0.29, 0.717) is 12.3 Å². The van der Waals surface area contributed by atoms with Gasteiger partial charge in [0, 0.05) is 23.8 Å². The number of fused-ring (bicyclic) bond motifs is 2. The highest BCUT2D eigenvalue weighted by Crippen LogP contribution is 2.48. The predicted molar refractivity (Wildman–Crippen MR) is 62.3 cm³/mol. The van der Waals surface area contributed by atoms with Crippen LogP contribution in [-0.2, 0) is 4.79 Å². The van der Waals surface area contributed by atoms with Crippen LogP contribution in [0.1, 0.15) is 19.8 Å². The molecule has 0 aromatic heterocycles. The van der Waals surface area contributed by atoms with Crippen LogP contribution in [0.25, 0.3) is 0 Å². The van der Waals surface area contributed by atoms with E-state index in [4.69, 9.17) is 0 Å². The lowest BCUT2D eigenvalue weighted by Gasteiger charge is -2.43. The molecular weight excluding hydrogens is 293 g/mol. The Kier molecular flexibility index (Phi) is 2.54. The smallest absolute Gasteiger partial charge is 0.223 e. The van der Waals surface area contributed by atoms with E-state index in [2.05, 4.69) is 29.5 Å². The Morgan fingerprint density at radius 3 is 2.93 bits per heavy atom. The van der Waals surface area contributed by atoms with Gasteiger partial charge in [0.25, 0.3) is 0 Å². The predicted octanol–water partition coefficient (Wildman–Crippen LogP) is 1.04. The molecule has 14 heavy (non-hydrogen) atoms. The largest absolute Gasteiger partial charge is 0.387 e. The van der Waals surface area contributed by atoms with Gasteiger partial charge in [-0.3, -0.25) is 4.79 Å². The van der Waals surface area contributed by atoms with Gasteiger partial charge in [-0.2, -0.15) is 0 Å². The van der Waals surface area contributed by atoms with Crippen LogP contribution in [0.4, 0.5) is 0 Å². The molecule has 1 aliphatic heterocycles. The number of halogens is 1. The van der Waals surface area contributed by atoms with Gasteiger partial charge in [0.15, 0.2) is 0 Å². The van der Waals surface area contributed by atoms with E-state index < -0.39 is 5.60 Å². The summed E-state index contributed by atoms with van der Waals surface area (Å²) in [4.78, 5) is 13.4. The van der Waals surface area contributed by atoms with Gasteiger partial charge in [0.2, 0.25) is 5.91 Å². The van der Waals surface area contributed by atoms with Gasteiger partial charge in [-0.25, -0.2) is 0 Å². The van der Waals surface area contributed by atoms with Crippen LogP contribution in [0.2, 0.25) is 0 Å². The summed E-state index contributed by atoms with van der Waals surface area (Å²) in [5.74, 6) is 0.834. The van der Waals surface area contributed by atoms with E-state index in [1.807, 2.05) is 7.05 Å². The van der Waals surface area contributed by atoms with Crippen molar-refractivity contribution in [1.82, 2.24) is 4.90 Å². The fourth-order valence-electron chi connectivity index (χ4n) is 3.03. The molecule has 2 aliphatic rings. The molecule has 2 rings (SSSR count). The van der Waals surface area contributed by atoms with Gasteiger partial charge in [0.05, 0.1) is 11.6 Å². The number of nitrogens with zero attached hydrogens (tertiary/aromatic N) is 1. The number of amides is 1. The summed E-state index contributed by atoms with van der Waals surface area (Å²) in [7, 11) is 1.82. The standard InChI is InChI=1S/C10H16INO2/c1-6-3-8-10(14,5-11)7(6)4-9(13)12(8)2/h6-8,14H,3-5H2,1-2H3/t6-,7+,8-,10?/m1/s1. The molecule has 0 spiro atoms. The van der Waals surface area contributed by atoms with E-state index in [1.165, 1.54) is 0 Å². The van der Waals surface area contributed by atoms with Crippen LogP contribution in [-0.4, -0.2) is 39.0 Å². The van der Waals surface area contributed by atoms with Crippen LogP contribution in [0.3, 0.4) is 0 Å². The molecule has 3 nitrogen and oxygen atoms in total. The Hall–Kier alpha value is 0.160. The molecule has 1 saturated carbocycles. The molecule has 1 unspecified atom stereocenters. The van der Waals surface area contributed by atoms with Gasteiger partial charge >= 0.3 is 0 Å². The van der Waals surface area contributed by atoms with Crippen LogP contribution in [0, 0.1) is 11.8 Å². The Bertz CT molecular complexity index is 271. The SMILES string of the molecule is C[C@@H]1C[C@H]2N(C)C(=O)C[C@@H]1C2(O)CI. The fraction of sp³-hybridized carbons (Fsp3) is 0.900. The Balaban J connectivity index is 2.36. The minimum absolute atomic E-state index is 0.0423. The highest BCUT2D eigenvalue weighted by molar-refractivity contribution is 14.1. The maximum absolute atomic E-state index is 11.6. The van der Waals surface area contributed by atoms with Crippen molar-refractivity contribution >= 4 is 28.5 Å². The molecule has 2 fully saturated rings. The summed E-state index contributed by atoms with van der Waals surface area (Å²) < 4.78 is 0.724. The molecule has 1 N–H and O–H groups in total. The molecule has 1 saturated heterocycles. The number of aliphatic hydroxyl groups is 1. The molecule has 0 aromatic carbocycles. The van der Waals surface area contributed by atoms with Crippen molar-refractivity contribution < 1.29 is 9.90 Å². The molecule has 0 aromatic rings. The lowest BCUT2D eigenvalue weighted by atomic mass is 9.81. The lowest BCUT2D eigenvalue weighted by Crippen LogP contribution is -2.58. The second-order valence-corrected chi connectivity index (χ2v) is 5.43. The van der Waals surface area contributed by atoms with E-state index in [0.717, 1.165) is 10.8 Å². The average molecular weight is 309 g/mol. The zero-order chi connectivity index (χ0) is 10.5. The number of carbonyl (C=O) groups excluding carboxylic acids is 1. The first-order valence-corrected chi connectivity index (χ1v) is 6.57. The Morgan fingerprint density at radius 1 is 1.71 bits per heavy atom. The summed E-state index contributed by atoms with van der Waals surface area (Å²) in [6, 6.07) is 0.0423. The number of alkyl halides is 1. The topological polar surface area (TPSA) is 40.5 Å². The van der Waals surface area contributed by atoms with Crippen LogP contribution in [0.15, 0.2) is 0 Å². The summed E-state index contributed by atoms with van der Waals surface area (Å²) in [5, 5.41) is 10.5. The maximum atomic E-state index is 11.6. The molecule has 4 atom stereocenters. The summed E-state index contributed by atoms with van der Waals surface area (Å²) in [5.41, 5.74) is -0.636. The summed E-state index contributed by atoms with van der Waals surface area (Å²) in [6.45, 7) is 2.15. The van der Waals surface area contributed by atoms with E-state index >= 15 is 0 Å². The summed E-state index contributed by atoms with van der Waals surface area (Å²) >= 11 is 2.23. The van der Waals surface area contributed by atoms with E-state index in [9.17, 15) is 9.90 Å². The quantitative estimate of drug-likeness (QED) is 0.581. The van der Waals surface area contributed by atoms with Crippen molar-refractivity contribution in [2.75, 3.05) is 11.5 Å². The number of piperidine rings is 1. The van der Waals surface area contributed by atoms with Crippen molar-refractivity contribution in [2.45, 2.75) is 31.4 Å². The van der Waals surface area contributed by atoms with Crippen molar-refractivity contribution in [3.8, 4) is 0 Å². The first-order valence-electron chi connectivity index (χ1n) is 5.04. The average Bonchev–Trinajstić information content (AvgIpc) is 2.33. The Morgan fingerprint density at radius 2 is 2.36 bits per heavy atom. The third-order valence-electron chi connectivity index (χ3n) is 3.97. The molecule has 80 valence electrons. The number of carbonyl (C=O) groups is 1. The lowest BCUT2D eigenvalue weighted by molar-refractivity contribution is -0.148. The van der Waals surface area contributed by atoms with Crippen molar-refractivity contribution in [1.29, 1.82) is 0 Å². The zero-order valence-electron chi connectivity index (χ0n) is 8.53. The zero-order valence-corrected chi connectivity index (χ0v) is 10.7. The number of likely N-dealkylation sites (tertiary alicyclic amines) is 1. The Labute approximate surface area is 98.0 Å². The molecule has 0 radical (unpaired) electrons. The fourth-order valence-corrected chi connectivity index (χ4v) is 4.10. The molecule has 1 aliphatic carbocycles. The monoisotopic (exact) mass is 309 g/mol. The van der Waals surface area contributed by atoms with Gasteiger partial charge in [-0.15, -0.1) is 0 Å². The van der Waals surface area contributed by atoms with Gasteiger partial charge in [-0.05, 0) is 12.3 Å². The number of likely N-dealkylation sites (N-methyl/N-ethyl adjacent to an activating group) is 1. The first kappa shape index (κ1) is 10.7. The first-order chi connectivity index (χ1) is 6.50. The van der Waals surface area contributed by atoms with Gasteiger partial charge < -0.3 is 10.0 Å². The summed E-state index contributed by atoms with van der Waals surface area (Å²) in [6.07, 6.45) is 1.47. The normalized spacial score (nSPS) is 47.3. The third kappa shape index (κ3) is 1.23. The second kappa shape index (κ2) is 3.33. The molecule has 4 heteroatoms. The number of rotatable bonds is 1. The van der Waals surface area contributed by atoms with Crippen LogP contribution >= 0.6 is 22.6 Å². The van der Waals surface area contributed by atoms with Crippen LogP contribution in [0.5, 0.6) is 0 Å². The van der Waals surface area contributed by atoms with Gasteiger partial charge in [-0.1, -0.05) is 29.5 Å². The van der Waals surface area contributed by atoms with E-state index in [1.54, 1.807) is 4.90 Å². The van der Waals surface area contributed by atoms with E-state index in [-0.39, 0.29) is 17.9 Å². The molecule has 1 heterocycles. The van der Waals surface area contributed by atoms with Crippen LogP contribution < -0.4 is 0 Å². The second-order valence-electron chi connectivity index (χ2n) is 4.67. The number of hydrogen-bond donors (Lipinski definition) is 1. The number of hydrogen-bond acceptors (Lipinski definition) is 2. The third-order valence-corrected chi connectivity index (χ3v) is 5.19.